The molecule has 0 aliphatic heterocycles. The van der Waals surface area contributed by atoms with Crippen molar-refractivity contribution in [2.24, 2.45) is 0 Å². The van der Waals surface area contributed by atoms with Crippen molar-refractivity contribution >= 4 is 22.9 Å². The minimum atomic E-state index is 0.824. The Hall–Kier alpha value is -0.900. The van der Waals surface area contributed by atoms with E-state index in [1.807, 2.05) is 25.2 Å². The number of nitrogens with zero attached hydrogens (tertiary/aromatic N) is 1. The van der Waals surface area contributed by atoms with Crippen molar-refractivity contribution in [2.75, 3.05) is 7.05 Å². The third-order valence-electron chi connectivity index (χ3n) is 2.95. The highest BCUT2D eigenvalue weighted by Gasteiger charge is 2.11. The third kappa shape index (κ3) is 3.78. The second kappa shape index (κ2) is 7.04. The molecule has 0 aliphatic carbocycles. The van der Waals surface area contributed by atoms with Gasteiger partial charge in [0, 0.05) is 22.9 Å². The lowest BCUT2D eigenvalue weighted by molar-refractivity contribution is 0.796. The lowest BCUT2D eigenvalue weighted by Gasteiger charge is -2.00. The highest BCUT2D eigenvalue weighted by atomic mass is 35.5. The van der Waals surface area contributed by atoms with Gasteiger partial charge >= 0.3 is 0 Å². The summed E-state index contributed by atoms with van der Waals surface area (Å²) in [5.74, 6) is 0. The topological polar surface area (TPSA) is 24.9 Å². The molecule has 0 spiro atoms. The third-order valence-corrected chi connectivity index (χ3v) is 4.41. The summed E-state index contributed by atoms with van der Waals surface area (Å²) in [7, 11) is 1.98. The Kier molecular flexibility index (Phi) is 5.37. The predicted molar refractivity (Wildman–Crippen MR) is 83.1 cm³/mol. The number of aromatic nitrogens is 1. The zero-order valence-corrected chi connectivity index (χ0v) is 12.9. The molecule has 1 aromatic carbocycles. The van der Waals surface area contributed by atoms with E-state index in [1.165, 1.54) is 10.6 Å². The van der Waals surface area contributed by atoms with Gasteiger partial charge in [-0.15, -0.1) is 11.3 Å². The Balaban J connectivity index is 2.21. The number of thiazole rings is 1. The SMILES string of the molecule is CCCc1nc(Cc2ccccc2Cl)sc1CNC. The Morgan fingerprint density at radius 2 is 2.11 bits per heavy atom. The molecule has 0 radical (unpaired) electrons. The second-order valence-electron chi connectivity index (χ2n) is 4.53. The van der Waals surface area contributed by atoms with Crippen LogP contribution in [0.5, 0.6) is 0 Å². The molecule has 0 unspecified atom stereocenters. The van der Waals surface area contributed by atoms with E-state index >= 15 is 0 Å². The van der Waals surface area contributed by atoms with Gasteiger partial charge in [0.25, 0.3) is 0 Å². The molecule has 0 saturated carbocycles. The molecule has 0 saturated heterocycles. The second-order valence-corrected chi connectivity index (χ2v) is 6.10. The molecule has 4 heteroatoms. The number of halogens is 1. The fourth-order valence-electron chi connectivity index (χ4n) is 2.05. The summed E-state index contributed by atoms with van der Waals surface area (Å²) in [6.45, 7) is 3.09. The molecule has 0 atom stereocenters. The average molecular weight is 295 g/mol. The van der Waals surface area contributed by atoms with Gasteiger partial charge in [-0.25, -0.2) is 4.98 Å². The molecule has 0 fully saturated rings. The molecule has 2 aromatic rings. The number of rotatable bonds is 6. The Morgan fingerprint density at radius 3 is 2.79 bits per heavy atom. The first-order valence-corrected chi connectivity index (χ1v) is 7.79. The number of hydrogen-bond donors (Lipinski definition) is 1. The van der Waals surface area contributed by atoms with Gasteiger partial charge in [0.1, 0.15) is 0 Å². The van der Waals surface area contributed by atoms with E-state index in [-0.39, 0.29) is 0 Å². The quantitative estimate of drug-likeness (QED) is 0.869. The first-order chi connectivity index (χ1) is 9.24. The summed E-state index contributed by atoms with van der Waals surface area (Å²) in [6.07, 6.45) is 3.01. The van der Waals surface area contributed by atoms with Crippen molar-refractivity contribution in [3.05, 3.63) is 50.4 Å². The lowest BCUT2D eigenvalue weighted by atomic mass is 10.1. The fraction of sp³-hybridized carbons (Fsp3) is 0.400. The Morgan fingerprint density at radius 1 is 1.32 bits per heavy atom. The van der Waals surface area contributed by atoms with Crippen LogP contribution in [0.25, 0.3) is 0 Å². The van der Waals surface area contributed by atoms with E-state index in [2.05, 4.69) is 18.3 Å². The number of aryl methyl sites for hydroxylation is 1. The molecule has 102 valence electrons. The maximum Gasteiger partial charge on any atom is 0.0975 e. The number of benzene rings is 1. The molecule has 19 heavy (non-hydrogen) atoms. The molecule has 0 bridgehead atoms. The minimum Gasteiger partial charge on any atom is -0.315 e. The van der Waals surface area contributed by atoms with E-state index < -0.39 is 0 Å². The molecule has 2 nitrogen and oxygen atoms in total. The van der Waals surface area contributed by atoms with Crippen molar-refractivity contribution in [3.63, 3.8) is 0 Å². The summed E-state index contributed by atoms with van der Waals surface area (Å²) >= 11 is 8.00. The van der Waals surface area contributed by atoms with Crippen molar-refractivity contribution in [1.29, 1.82) is 0 Å². The fourth-order valence-corrected chi connectivity index (χ4v) is 3.40. The minimum absolute atomic E-state index is 0.824. The summed E-state index contributed by atoms with van der Waals surface area (Å²) in [6, 6.07) is 7.99. The van der Waals surface area contributed by atoms with Gasteiger partial charge in [-0.1, -0.05) is 43.1 Å². The van der Waals surface area contributed by atoms with E-state index in [9.17, 15) is 0 Å². The molecular weight excluding hydrogens is 276 g/mol. The normalized spacial score (nSPS) is 10.9. The molecule has 2 rings (SSSR count). The monoisotopic (exact) mass is 294 g/mol. The number of nitrogens with one attached hydrogen (secondary N) is 1. The largest absolute Gasteiger partial charge is 0.315 e. The molecular formula is C15H19ClN2S. The van der Waals surface area contributed by atoms with Crippen LogP contribution >= 0.6 is 22.9 Å². The van der Waals surface area contributed by atoms with Crippen LogP contribution in [0.2, 0.25) is 5.02 Å². The van der Waals surface area contributed by atoms with Gasteiger partial charge in [-0.05, 0) is 25.1 Å². The Labute approximate surface area is 123 Å². The summed E-state index contributed by atoms with van der Waals surface area (Å²) < 4.78 is 0. The van der Waals surface area contributed by atoms with Crippen LogP contribution < -0.4 is 5.32 Å². The predicted octanol–water partition coefficient (Wildman–Crippen LogP) is 4.06. The van der Waals surface area contributed by atoms with E-state index in [1.54, 1.807) is 11.3 Å². The van der Waals surface area contributed by atoms with Gasteiger partial charge in [-0.2, -0.15) is 0 Å². The van der Waals surface area contributed by atoms with Gasteiger partial charge in [0.2, 0.25) is 0 Å². The maximum atomic E-state index is 6.21. The van der Waals surface area contributed by atoms with Crippen LogP contribution in [0, 0.1) is 0 Å². The lowest BCUT2D eigenvalue weighted by Crippen LogP contribution is -2.05. The zero-order valence-electron chi connectivity index (χ0n) is 11.4. The molecule has 1 N–H and O–H groups in total. The van der Waals surface area contributed by atoms with Gasteiger partial charge in [0.15, 0.2) is 0 Å². The van der Waals surface area contributed by atoms with Crippen LogP contribution in [-0.4, -0.2) is 12.0 Å². The van der Waals surface area contributed by atoms with Crippen molar-refractivity contribution in [3.8, 4) is 0 Å². The molecule has 0 aliphatic rings. The first kappa shape index (κ1) is 14.5. The van der Waals surface area contributed by atoms with Crippen LogP contribution in [0.1, 0.15) is 34.5 Å². The molecule has 1 heterocycles. The van der Waals surface area contributed by atoms with E-state index in [0.717, 1.165) is 41.4 Å². The Bertz CT molecular complexity index is 513. The van der Waals surface area contributed by atoms with Crippen LogP contribution in [0.3, 0.4) is 0 Å². The molecule has 1 aromatic heterocycles. The van der Waals surface area contributed by atoms with E-state index in [4.69, 9.17) is 16.6 Å². The van der Waals surface area contributed by atoms with Gasteiger partial charge in [0.05, 0.1) is 10.7 Å². The highest BCUT2D eigenvalue weighted by Crippen LogP contribution is 2.25. The summed E-state index contributed by atoms with van der Waals surface area (Å²) in [5, 5.41) is 5.19. The molecule has 0 amide bonds. The van der Waals surface area contributed by atoms with Gasteiger partial charge < -0.3 is 5.32 Å². The summed E-state index contributed by atoms with van der Waals surface area (Å²) in [4.78, 5) is 6.13. The zero-order chi connectivity index (χ0) is 13.7. The maximum absolute atomic E-state index is 6.21. The van der Waals surface area contributed by atoms with Crippen LogP contribution in [0.15, 0.2) is 24.3 Å². The smallest absolute Gasteiger partial charge is 0.0975 e. The van der Waals surface area contributed by atoms with Crippen LogP contribution in [-0.2, 0) is 19.4 Å². The van der Waals surface area contributed by atoms with Crippen LogP contribution in [0.4, 0.5) is 0 Å². The standard InChI is InChI=1S/C15H19ClN2S/c1-3-6-13-14(10-17-2)19-15(18-13)9-11-7-4-5-8-12(11)16/h4-5,7-8,17H,3,6,9-10H2,1-2H3. The summed E-state index contributed by atoms with van der Waals surface area (Å²) in [5.41, 5.74) is 2.39. The van der Waals surface area contributed by atoms with E-state index in [0.29, 0.717) is 0 Å². The highest BCUT2D eigenvalue weighted by molar-refractivity contribution is 7.11. The number of hydrogen-bond acceptors (Lipinski definition) is 3. The van der Waals surface area contributed by atoms with Gasteiger partial charge in [-0.3, -0.25) is 0 Å². The van der Waals surface area contributed by atoms with Crippen molar-refractivity contribution in [1.82, 2.24) is 10.3 Å². The average Bonchev–Trinajstić information content (AvgIpc) is 2.76. The van der Waals surface area contributed by atoms with Crippen molar-refractivity contribution < 1.29 is 0 Å². The first-order valence-electron chi connectivity index (χ1n) is 6.60. The van der Waals surface area contributed by atoms with Crippen molar-refractivity contribution in [2.45, 2.75) is 32.7 Å².